The molecular formula is C29H23ClN2O4S2. The van der Waals surface area contributed by atoms with E-state index in [1.54, 1.807) is 58.9 Å². The van der Waals surface area contributed by atoms with Gasteiger partial charge in [0.05, 0.1) is 17.7 Å². The summed E-state index contributed by atoms with van der Waals surface area (Å²) >= 11 is 7.44. The highest BCUT2D eigenvalue weighted by Crippen LogP contribution is 2.47. The molecule has 0 saturated carbocycles. The van der Waals surface area contributed by atoms with Crippen molar-refractivity contribution < 1.29 is 18.5 Å². The molecule has 9 heteroatoms. The first-order chi connectivity index (χ1) is 18.5. The van der Waals surface area contributed by atoms with Crippen LogP contribution in [-0.2, 0) is 20.5 Å². The molecule has 1 aliphatic heterocycles. The molecule has 0 amide bonds. The number of nitriles is 1. The van der Waals surface area contributed by atoms with Crippen LogP contribution in [0.4, 0.5) is 0 Å². The van der Waals surface area contributed by atoms with Crippen LogP contribution in [0.2, 0.25) is 5.02 Å². The third-order valence-corrected chi connectivity index (χ3v) is 8.10. The third-order valence-electron chi connectivity index (χ3n) is 5.61. The summed E-state index contributed by atoms with van der Waals surface area (Å²) in [5.74, 6) is -0.0513. The monoisotopic (exact) mass is 562 g/mol. The molecule has 0 radical (unpaired) electrons. The maximum absolute atomic E-state index is 14.1. The number of carbonyl (C=O) groups excluding carboxylic acids is 1. The lowest BCUT2D eigenvalue weighted by molar-refractivity contribution is -0.142. The predicted molar refractivity (Wildman–Crippen MR) is 152 cm³/mol. The maximum atomic E-state index is 14.1. The first-order valence-electron chi connectivity index (χ1n) is 11.4. The number of nitrogens with zero attached hydrogens (tertiary/aromatic N) is 2. The van der Waals surface area contributed by atoms with Gasteiger partial charge in [0.25, 0.3) is 0 Å². The Morgan fingerprint density at radius 3 is 2.74 bits per heavy atom. The molecule has 0 fully saturated rings. The molecule has 4 rings (SSSR count). The van der Waals surface area contributed by atoms with Gasteiger partial charge in [0, 0.05) is 28.3 Å². The summed E-state index contributed by atoms with van der Waals surface area (Å²) in [5.41, 5.74) is 3.80. The molecule has 1 atom stereocenters. The number of carbonyl (C=O) groups is 1. The Morgan fingerprint density at radius 2 is 2.03 bits per heavy atom. The van der Waals surface area contributed by atoms with E-state index < -0.39 is 17.0 Å². The summed E-state index contributed by atoms with van der Waals surface area (Å²) in [6, 6.07) is 18.2. The van der Waals surface area contributed by atoms with E-state index in [-0.39, 0.29) is 6.61 Å². The van der Waals surface area contributed by atoms with Crippen LogP contribution in [0.3, 0.4) is 0 Å². The number of allylic oxidation sites excluding steroid dienone is 5. The van der Waals surface area contributed by atoms with Gasteiger partial charge in [0.15, 0.2) is 17.6 Å². The van der Waals surface area contributed by atoms with Crippen LogP contribution in [0.15, 0.2) is 101 Å². The zero-order chi connectivity index (χ0) is 27.1. The number of methoxy groups -OCH3 is 1. The molecule has 2 aromatic carbocycles. The Labute approximate surface area is 233 Å². The van der Waals surface area contributed by atoms with Gasteiger partial charge in [-0.05, 0) is 59.5 Å². The zero-order valence-corrected chi connectivity index (χ0v) is 22.8. The average Bonchev–Trinajstić information content (AvgIpc) is 3.56. The van der Waals surface area contributed by atoms with E-state index in [4.69, 9.17) is 16.3 Å². The van der Waals surface area contributed by atoms with Crippen molar-refractivity contribution in [2.75, 3.05) is 13.7 Å². The molecule has 0 N–H and O–H groups in total. The lowest BCUT2D eigenvalue weighted by atomic mass is 9.99. The molecule has 38 heavy (non-hydrogen) atoms. The van der Waals surface area contributed by atoms with Crippen LogP contribution in [0.5, 0.6) is 5.75 Å². The minimum atomic E-state index is -1.65. The second-order valence-corrected chi connectivity index (χ2v) is 10.6. The molecule has 0 aliphatic carbocycles. The van der Waals surface area contributed by atoms with Crippen LogP contribution < -0.4 is 4.74 Å². The van der Waals surface area contributed by atoms with Gasteiger partial charge in [-0.15, -0.1) is 11.3 Å². The average molecular weight is 563 g/mol. The van der Waals surface area contributed by atoms with E-state index in [1.165, 1.54) is 18.4 Å². The molecule has 1 unspecified atom stereocenters. The van der Waals surface area contributed by atoms with Crippen molar-refractivity contribution in [3.05, 3.63) is 118 Å². The lowest BCUT2D eigenvalue weighted by Crippen LogP contribution is -2.21. The number of thiophene rings is 1. The highest BCUT2D eigenvalue weighted by molar-refractivity contribution is 7.83. The number of halogens is 1. The number of benzene rings is 2. The van der Waals surface area contributed by atoms with Gasteiger partial charge < -0.3 is 9.47 Å². The van der Waals surface area contributed by atoms with Crippen LogP contribution >= 0.6 is 22.9 Å². The highest BCUT2D eigenvalue weighted by atomic mass is 35.5. The number of esters is 1. The van der Waals surface area contributed by atoms with Crippen molar-refractivity contribution in [3.63, 3.8) is 0 Å². The summed E-state index contributed by atoms with van der Waals surface area (Å²) in [6.07, 6.45) is 7.62. The first kappa shape index (κ1) is 27.1. The van der Waals surface area contributed by atoms with Crippen LogP contribution in [0.1, 0.15) is 22.4 Å². The molecule has 1 aliphatic rings. The van der Waals surface area contributed by atoms with Gasteiger partial charge in [-0.25, -0.2) is 9.00 Å². The Hall–Kier alpha value is -3.90. The van der Waals surface area contributed by atoms with E-state index in [0.29, 0.717) is 32.7 Å². The SMILES string of the molecule is C=C/C=C\C=C1/CC(c2ccsc2C#N)=C(c2cccc(OCC(=O)OC)c2)N1S(=O)c1ccc(Cl)cc1. The standard InChI is InChI=1S/C29H23ClN2O4S2/c1-3-4-5-8-22-17-26(25-14-15-37-27(25)18-31)29(32(22)38(34)24-12-10-21(30)11-13-24)20-7-6-9-23(16-20)36-19-28(33)35-2/h3-16H,1,17,19H2,2H3/b5-4-,22-8+. The number of hydrogen-bond donors (Lipinski definition) is 0. The Balaban J connectivity index is 1.91. The number of ether oxygens (including phenoxy) is 2. The fourth-order valence-corrected chi connectivity index (χ4v) is 6.04. The largest absolute Gasteiger partial charge is 0.482 e. The molecule has 0 bridgehead atoms. The first-order valence-corrected chi connectivity index (χ1v) is 13.8. The van der Waals surface area contributed by atoms with E-state index in [2.05, 4.69) is 17.4 Å². The second-order valence-electron chi connectivity index (χ2n) is 7.95. The van der Waals surface area contributed by atoms with E-state index in [0.717, 1.165) is 22.4 Å². The Morgan fingerprint density at radius 1 is 1.24 bits per heavy atom. The molecule has 6 nitrogen and oxygen atoms in total. The summed E-state index contributed by atoms with van der Waals surface area (Å²) < 4.78 is 26.2. The van der Waals surface area contributed by atoms with Gasteiger partial charge in [-0.3, -0.25) is 4.31 Å². The van der Waals surface area contributed by atoms with Crippen molar-refractivity contribution in [3.8, 4) is 11.8 Å². The summed E-state index contributed by atoms with van der Waals surface area (Å²) in [5, 5.41) is 12.2. The van der Waals surface area contributed by atoms with E-state index in [9.17, 15) is 14.3 Å². The topological polar surface area (TPSA) is 79.6 Å². The van der Waals surface area contributed by atoms with Crippen LogP contribution in [0, 0.1) is 11.3 Å². The Bertz CT molecular complexity index is 1510. The third kappa shape index (κ3) is 5.97. The van der Waals surface area contributed by atoms with E-state index >= 15 is 0 Å². The van der Waals surface area contributed by atoms with Crippen molar-refractivity contribution in [2.24, 2.45) is 0 Å². The molecule has 0 spiro atoms. The number of rotatable bonds is 9. The van der Waals surface area contributed by atoms with Crippen molar-refractivity contribution in [1.82, 2.24) is 4.31 Å². The summed E-state index contributed by atoms with van der Waals surface area (Å²) in [6.45, 7) is 3.48. The Kier molecular flexibility index (Phi) is 8.98. The quantitative estimate of drug-likeness (QED) is 0.213. The second kappa shape index (κ2) is 12.6. The van der Waals surface area contributed by atoms with Gasteiger partial charge in [-0.1, -0.05) is 48.5 Å². The van der Waals surface area contributed by atoms with Gasteiger partial charge in [0.2, 0.25) is 0 Å². The van der Waals surface area contributed by atoms with Crippen molar-refractivity contribution >= 4 is 51.2 Å². The molecular weight excluding hydrogens is 540 g/mol. The summed E-state index contributed by atoms with van der Waals surface area (Å²) in [7, 11) is -0.353. The summed E-state index contributed by atoms with van der Waals surface area (Å²) in [4.78, 5) is 12.8. The van der Waals surface area contributed by atoms with Gasteiger partial charge >= 0.3 is 5.97 Å². The highest BCUT2D eigenvalue weighted by Gasteiger charge is 2.34. The van der Waals surface area contributed by atoms with E-state index in [1.807, 2.05) is 29.7 Å². The van der Waals surface area contributed by atoms with Gasteiger partial charge in [-0.2, -0.15) is 5.26 Å². The molecule has 2 heterocycles. The fraction of sp³-hybridized carbons (Fsp3) is 0.103. The lowest BCUT2D eigenvalue weighted by Gasteiger charge is -2.24. The molecule has 3 aromatic rings. The van der Waals surface area contributed by atoms with Crippen LogP contribution in [0.25, 0.3) is 11.3 Å². The minimum Gasteiger partial charge on any atom is -0.482 e. The minimum absolute atomic E-state index is 0.243. The number of hydrogen-bond acceptors (Lipinski definition) is 6. The van der Waals surface area contributed by atoms with Gasteiger partial charge in [0.1, 0.15) is 16.7 Å². The molecule has 192 valence electrons. The zero-order valence-electron chi connectivity index (χ0n) is 20.4. The predicted octanol–water partition coefficient (Wildman–Crippen LogP) is 6.75. The maximum Gasteiger partial charge on any atom is 0.343 e. The van der Waals surface area contributed by atoms with Crippen LogP contribution in [-0.4, -0.2) is 28.2 Å². The van der Waals surface area contributed by atoms with Crippen molar-refractivity contribution in [2.45, 2.75) is 11.3 Å². The normalized spacial score (nSPS) is 15.1. The smallest absolute Gasteiger partial charge is 0.343 e. The molecule has 1 aromatic heterocycles. The molecule has 0 saturated heterocycles. The van der Waals surface area contributed by atoms with Crippen molar-refractivity contribution in [1.29, 1.82) is 5.26 Å². The fourth-order valence-electron chi connectivity index (χ4n) is 3.90.